The highest BCUT2D eigenvalue weighted by molar-refractivity contribution is 5.53. The van der Waals surface area contributed by atoms with Gasteiger partial charge in [0, 0.05) is 11.8 Å². The molecule has 0 saturated carbocycles. The van der Waals surface area contributed by atoms with Crippen molar-refractivity contribution in [2.24, 2.45) is 0 Å². The zero-order valence-electron chi connectivity index (χ0n) is 31.3. The van der Waals surface area contributed by atoms with Crippen LogP contribution in [0.15, 0.2) is 48.5 Å². The Labute approximate surface area is 267 Å². The number of aryl methyl sites for hydroxylation is 1. The first-order valence-electron chi connectivity index (χ1n) is 16.7. The van der Waals surface area contributed by atoms with E-state index in [9.17, 15) is 0 Å². The quantitative estimate of drug-likeness (QED) is 0.288. The molecule has 0 saturated heterocycles. The van der Waals surface area contributed by atoms with Gasteiger partial charge in [0.2, 0.25) is 0 Å². The van der Waals surface area contributed by atoms with Crippen molar-refractivity contribution in [1.82, 2.24) is 0 Å². The Bertz CT molecular complexity index is 1280. The van der Waals surface area contributed by atoms with E-state index in [1.54, 1.807) is 0 Å². The smallest absolute Gasteiger partial charge is 0.00643 e. The van der Waals surface area contributed by atoms with Crippen molar-refractivity contribution >= 4 is 0 Å². The van der Waals surface area contributed by atoms with Crippen LogP contribution in [0, 0.1) is 6.92 Å². The molecule has 43 heavy (non-hydrogen) atoms. The molecular formula is C43H64. The van der Waals surface area contributed by atoms with Crippen molar-refractivity contribution in [2.75, 3.05) is 0 Å². The summed E-state index contributed by atoms with van der Waals surface area (Å²) in [5.41, 5.74) is 14.7. The molecule has 0 unspecified atom stereocenters. The molecule has 0 nitrogen and oxygen atoms in total. The van der Waals surface area contributed by atoms with E-state index in [1.807, 2.05) is 0 Å². The summed E-state index contributed by atoms with van der Waals surface area (Å²) in [6.45, 7) is 42.5. The molecule has 0 N–H and O–H groups in total. The van der Waals surface area contributed by atoms with Crippen molar-refractivity contribution in [2.45, 2.75) is 164 Å². The van der Waals surface area contributed by atoms with Crippen LogP contribution in [0.5, 0.6) is 0 Å². The van der Waals surface area contributed by atoms with Gasteiger partial charge in [0.05, 0.1) is 0 Å². The Morgan fingerprint density at radius 3 is 0.837 bits per heavy atom. The van der Waals surface area contributed by atoms with Crippen molar-refractivity contribution in [3.05, 3.63) is 104 Å². The standard InChI is InChI=1S/C43H64/c1-27-19-36(28(2)30-21-32(39(4,5)6)25-33(22-30)40(7,8)9)38(43(16,17)18)37(20-27)29(3)31-23-34(41(10,11)12)26-35(24-31)42(13,14)15/h19-26,28-29H,1-18H3/t28-,29-/m1/s1. The molecule has 0 heteroatoms. The molecule has 0 bridgehead atoms. The summed E-state index contributed by atoms with van der Waals surface area (Å²) in [4.78, 5) is 0. The first-order valence-corrected chi connectivity index (χ1v) is 16.7. The third-order valence-electron chi connectivity index (χ3n) is 9.40. The van der Waals surface area contributed by atoms with Crippen molar-refractivity contribution in [3.8, 4) is 0 Å². The zero-order chi connectivity index (χ0) is 33.1. The van der Waals surface area contributed by atoms with Gasteiger partial charge >= 0.3 is 0 Å². The molecule has 0 amide bonds. The summed E-state index contributed by atoms with van der Waals surface area (Å²) >= 11 is 0. The van der Waals surface area contributed by atoms with Crippen LogP contribution in [0.2, 0.25) is 0 Å². The van der Waals surface area contributed by atoms with Gasteiger partial charge in [0.15, 0.2) is 0 Å². The largest absolute Gasteiger partial charge is 0.0561 e. The molecule has 0 radical (unpaired) electrons. The average Bonchev–Trinajstić information content (AvgIpc) is 2.83. The zero-order valence-corrected chi connectivity index (χ0v) is 31.3. The van der Waals surface area contributed by atoms with Gasteiger partial charge in [-0.25, -0.2) is 0 Å². The Morgan fingerprint density at radius 2 is 0.628 bits per heavy atom. The van der Waals surface area contributed by atoms with Crippen molar-refractivity contribution < 1.29 is 0 Å². The van der Waals surface area contributed by atoms with E-state index in [0.29, 0.717) is 0 Å². The summed E-state index contributed by atoms with van der Waals surface area (Å²) < 4.78 is 0. The molecule has 0 fully saturated rings. The predicted octanol–water partition coefficient (Wildman–Crippen LogP) is 12.8. The highest BCUT2D eigenvalue weighted by atomic mass is 14.3. The van der Waals surface area contributed by atoms with Gasteiger partial charge in [-0.1, -0.05) is 172 Å². The van der Waals surface area contributed by atoms with Gasteiger partial charge in [-0.05, 0) is 84.1 Å². The molecule has 3 aromatic rings. The van der Waals surface area contributed by atoms with Gasteiger partial charge in [-0.2, -0.15) is 0 Å². The molecule has 0 aliphatic heterocycles. The second-order valence-electron chi connectivity index (χ2n) is 18.7. The van der Waals surface area contributed by atoms with Crippen LogP contribution in [-0.2, 0) is 27.1 Å². The van der Waals surface area contributed by atoms with Crippen molar-refractivity contribution in [3.63, 3.8) is 0 Å². The molecule has 0 aromatic heterocycles. The van der Waals surface area contributed by atoms with Gasteiger partial charge in [0.25, 0.3) is 0 Å². The molecule has 236 valence electrons. The minimum atomic E-state index is 0.00385. The Kier molecular flexibility index (Phi) is 9.43. The Hall–Kier alpha value is -2.34. The predicted molar refractivity (Wildman–Crippen MR) is 193 cm³/mol. The summed E-state index contributed by atoms with van der Waals surface area (Å²) in [5, 5.41) is 0. The van der Waals surface area contributed by atoms with Gasteiger partial charge in [-0.3, -0.25) is 0 Å². The maximum Gasteiger partial charge on any atom is 0.00643 e. The monoisotopic (exact) mass is 581 g/mol. The molecule has 3 aromatic carbocycles. The first kappa shape index (κ1) is 35.1. The topological polar surface area (TPSA) is 0 Å². The summed E-state index contributed by atoms with van der Waals surface area (Å²) in [5.74, 6) is 0.573. The maximum atomic E-state index is 2.49. The van der Waals surface area contributed by atoms with E-state index in [1.165, 1.54) is 55.6 Å². The lowest BCUT2D eigenvalue weighted by atomic mass is 9.70. The van der Waals surface area contributed by atoms with Crippen LogP contribution in [0.1, 0.15) is 185 Å². The number of rotatable bonds is 4. The van der Waals surface area contributed by atoms with Crippen LogP contribution in [-0.4, -0.2) is 0 Å². The molecule has 0 aliphatic carbocycles. The van der Waals surface area contributed by atoms with Gasteiger partial charge in [-0.15, -0.1) is 0 Å². The molecule has 3 rings (SSSR count). The molecule has 0 aliphatic rings. The number of benzene rings is 3. The fourth-order valence-corrected chi connectivity index (χ4v) is 6.29. The lowest BCUT2D eigenvalue weighted by Gasteiger charge is -2.34. The second kappa shape index (κ2) is 11.5. The van der Waals surface area contributed by atoms with Gasteiger partial charge < -0.3 is 0 Å². The van der Waals surface area contributed by atoms with Crippen LogP contribution >= 0.6 is 0 Å². The highest BCUT2D eigenvalue weighted by Gasteiger charge is 2.30. The molecular weight excluding hydrogens is 516 g/mol. The van der Waals surface area contributed by atoms with Crippen molar-refractivity contribution in [1.29, 1.82) is 0 Å². The third-order valence-corrected chi connectivity index (χ3v) is 9.40. The number of hydrogen-bond donors (Lipinski definition) is 0. The van der Waals surface area contributed by atoms with E-state index in [0.717, 1.165) is 0 Å². The summed E-state index contributed by atoms with van der Waals surface area (Å²) in [7, 11) is 0. The van der Waals surface area contributed by atoms with E-state index in [4.69, 9.17) is 0 Å². The highest BCUT2D eigenvalue weighted by Crippen LogP contribution is 2.44. The molecule has 2 atom stereocenters. The van der Waals surface area contributed by atoms with Crippen LogP contribution in [0.4, 0.5) is 0 Å². The minimum absolute atomic E-state index is 0.00385. The lowest BCUT2D eigenvalue weighted by Crippen LogP contribution is -2.22. The summed E-state index contributed by atoms with van der Waals surface area (Å²) in [6.07, 6.45) is 0. The minimum Gasteiger partial charge on any atom is -0.0561 e. The third kappa shape index (κ3) is 8.04. The van der Waals surface area contributed by atoms with E-state index >= 15 is 0 Å². The maximum absolute atomic E-state index is 2.49. The van der Waals surface area contributed by atoms with Gasteiger partial charge in [0.1, 0.15) is 0 Å². The first-order chi connectivity index (χ1) is 19.2. The SMILES string of the molecule is Cc1cc([C@H](C)c2cc(C(C)(C)C)cc(C(C)(C)C)c2)c(C(C)(C)C)c([C@H](C)c2cc(C(C)(C)C)cc(C(C)(C)C)c2)c1. The lowest BCUT2D eigenvalue weighted by molar-refractivity contribution is 0.558. The fourth-order valence-electron chi connectivity index (χ4n) is 6.29. The normalized spacial score (nSPS) is 15.0. The summed E-state index contributed by atoms with van der Waals surface area (Å²) in [6, 6.07) is 19.8. The van der Waals surface area contributed by atoms with E-state index in [2.05, 4.69) is 173 Å². The number of hydrogen-bond acceptors (Lipinski definition) is 0. The van der Waals surface area contributed by atoms with E-state index in [-0.39, 0.29) is 38.9 Å². The molecule has 0 heterocycles. The second-order valence-corrected chi connectivity index (χ2v) is 18.7. The fraction of sp³-hybridized carbons (Fsp3) is 0.581. The Balaban J connectivity index is 2.35. The Morgan fingerprint density at radius 1 is 0.372 bits per heavy atom. The van der Waals surface area contributed by atoms with E-state index < -0.39 is 0 Å². The van der Waals surface area contributed by atoms with Crippen LogP contribution in [0.3, 0.4) is 0 Å². The average molecular weight is 581 g/mol. The van der Waals surface area contributed by atoms with Crippen LogP contribution in [0.25, 0.3) is 0 Å². The molecule has 0 spiro atoms. The van der Waals surface area contributed by atoms with Crippen LogP contribution < -0.4 is 0 Å².